The lowest BCUT2D eigenvalue weighted by molar-refractivity contribution is -0.129. The number of carbonyl (C=O) groups excluding carboxylic acids is 1. The van der Waals surface area contributed by atoms with Gasteiger partial charge < -0.3 is 14.2 Å². The zero-order valence-electron chi connectivity index (χ0n) is 17.5. The number of hydrogen-bond acceptors (Lipinski definition) is 5. The second-order valence-corrected chi connectivity index (χ2v) is 8.79. The molecule has 0 unspecified atom stereocenters. The number of aliphatic imine (C=N–C) groups is 1. The van der Waals surface area contributed by atoms with E-state index in [0.717, 1.165) is 10.0 Å². The molecule has 3 aromatic rings. The number of rotatable bonds is 7. The molecule has 168 valence electrons. The fraction of sp³-hybridized carbons (Fsp3) is 0.120. The first-order valence-corrected chi connectivity index (χ1v) is 11.6. The van der Waals surface area contributed by atoms with Gasteiger partial charge in [0.2, 0.25) is 5.90 Å². The van der Waals surface area contributed by atoms with E-state index in [1.54, 1.807) is 30.3 Å². The van der Waals surface area contributed by atoms with Gasteiger partial charge in [-0.05, 0) is 82.5 Å². The Morgan fingerprint density at radius 3 is 2.58 bits per heavy atom. The molecule has 33 heavy (non-hydrogen) atoms. The summed E-state index contributed by atoms with van der Waals surface area (Å²) in [4.78, 5) is 16.7. The third-order valence-corrected chi connectivity index (χ3v) is 5.71. The number of esters is 1. The monoisotopic (exact) mass is 573 g/mol. The summed E-state index contributed by atoms with van der Waals surface area (Å²) < 4.78 is 31.7. The summed E-state index contributed by atoms with van der Waals surface area (Å²) in [5.41, 5.74) is 2.38. The molecule has 1 heterocycles. The van der Waals surface area contributed by atoms with Crippen molar-refractivity contribution < 1.29 is 23.4 Å². The van der Waals surface area contributed by atoms with E-state index in [2.05, 4.69) is 36.9 Å². The van der Waals surface area contributed by atoms with Crippen LogP contribution in [0.25, 0.3) is 6.08 Å². The van der Waals surface area contributed by atoms with Crippen LogP contribution in [0.4, 0.5) is 4.39 Å². The minimum absolute atomic E-state index is 0.180. The summed E-state index contributed by atoms with van der Waals surface area (Å²) >= 11 is 6.93. The Morgan fingerprint density at radius 1 is 1.06 bits per heavy atom. The van der Waals surface area contributed by atoms with Crippen molar-refractivity contribution in [1.29, 1.82) is 0 Å². The molecule has 0 N–H and O–H groups in total. The van der Waals surface area contributed by atoms with E-state index in [4.69, 9.17) is 14.2 Å². The first-order chi connectivity index (χ1) is 15.9. The quantitative estimate of drug-likeness (QED) is 0.233. The SMILES string of the molecule is CCOc1cc(/C=C2\N=C(c3cccc(Br)c3)OC2=O)cc(Br)c1OCc1ccc(F)cc1. The molecule has 0 amide bonds. The molecule has 0 saturated carbocycles. The molecule has 1 aliphatic rings. The van der Waals surface area contributed by atoms with Crippen LogP contribution < -0.4 is 9.47 Å². The Kier molecular flexibility index (Phi) is 7.25. The van der Waals surface area contributed by atoms with Crippen LogP contribution in [0.1, 0.15) is 23.6 Å². The number of hydrogen-bond donors (Lipinski definition) is 0. The second kappa shape index (κ2) is 10.3. The van der Waals surface area contributed by atoms with Crippen molar-refractivity contribution in [3.63, 3.8) is 0 Å². The van der Waals surface area contributed by atoms with Gasteiger partial charge in [0.25, 0.3) is 0 Å². The number of cyclic esters (lactones) is 1. The lowest BCUT2D eigenvalue weighted by Gasteiger charge is -2.15. The predicted octanol–water partition coefficient (Wildman–Crippen LogP) is 6.67. The lowest BCUT2D eigenvalue weighted by Crippen LogP contribution is -2.05. The molecule has 5 nitrogen and oxygen atoms in total. The van der Waals surface area contributed by atoms with Crippen molar-refractivity contribution in [2.45, 2.75) is 13.5 Å². The summed E-state index contributed by atoms with van der Waals surface area (Å²) in [5.74, 6) is 0.425. The molecule has 0 saturated heterocycles. The van der Waals surface area contributed by atoms with Gasteiger partial charge in [0.15, 0.2) is 17.2 Å². The van der Waals surface area contributed by atoms with E-state index < -0.39 is 5.97 Å². The number of nitrogens with zero attached hydrogens (tertiary/aromatic N) is 1. The highest BCUT2D eigenvalue weighted by atomic mass is 79.9. The third kappa shape index (κ3) is 5.69. The lowest BCUT2D eigenvalue weighted by atomic mass is 10.1. The summed E-state index contributed by atoms with van der Waals surface area (Å²) in [5, 5.41) is 0. The fourth-order valence-corrected chi connectivity index (χ4v) is 4.10. The van der Waals surface area contributed by atoms with E-state index in [9.17, 15) is 9.18 Å². The van der Waals surface area contributed by atoms with Gasteiger partial charge in [-0.15, -0.1) is 0 Å². The van der Waals surface area contributed by atoms with Gasteiger partial charge in [0.05, 0.1) is 11.1 Å². The molecule has 0 fully saturated rings. The molecular formula is C25H18Br2FNO4. The Labute approximate surface area is 207 Å². The molecule has 1 aliphatic heterocycles. The molecule has 3 aromatic carbocycles. The third-order valence-electron chi connectivity index (χ3n) is 4.62. The van der Waals surface area contributed by atoms with E-state index >= 15 is 0 Å². The van der Waals surface area contributed by atoms with Crippen LogP contribution in [0, 0.1) is 5.82 Å². The second-order valence-electron chi connectivity index (χ2n) is 7.02. The summed E-state index contributed by atoms with van der Waals surface area (Å²) in [6.07, 6.45) is 1.63. The number of carbonyl (C=O) groups is 1. The van der Waals surface area contributed by atoms with Crippen LogP contribution in [0.5, 0.6) is 11.5 Å². The molecule has 8 heteroatoms. The molecule has 0 spiro atoms. The van der Waals surface area contributed by atoms with Gasteiger partial charge in [-0.25, -0.2) is 14.2 Å². The molecule has 0 aliphatic carbocycles. The summed E-state index contributed by atoms with van der Waals surface area (Å²) in [6.45, 7) is 2.53. The average molecular weight is 575 g/mol. The Bertz CT molecular complexity index is 1260. The normalized spacial score (nSPS) is 14.2. The minimum Gasteiger partial charge on any atom is -0.490 e. The van der Waals surface area contributed by atoms with Crippen LogP contribution >= 0.6 is 31.9 Å². The Hall–Kier alpha value is -2.97. The number of halogens is 3. The van der Waals surface area contributed by atoms with Crippen LogP contribution in [0.15, 0.2) is 80.3 Å². The van der Waals surface area contributed by atoms with Gasteiger partial charge in [0, 0.05) is 10.0 Å². The highest BCUT2D eigenvalue weighted by molar-refractivity contribution is 9.10. The minimum atomic E-state index is -0.532. The topological polar surface area (TPSA) is 57.1 Å². The maximum atomic E-state index is 13.1. The van der Waals surface area contributed by atoms with Crippen molar-refractivity contribution >= 4 is 49.8 Å². The van der Waals surface area contributed by atoms with Gasteiger partial charge in [-0.2, -0.15) is 0 Å². The largest absolute Gasteiger partial charge is 0.490 e. The number of ether oxygens (including phenoxy) is 3. The molecule has 0 bridgehead atoms. The van der Waals surface area contributed by atoms with Gasteiger partial charge in [0.1, 0.15) is 12.4 Å². The molecular weight excluding hydrogens is 557 g/mol. The standard InChI is InChI=1S/C25H18Br2FNO4/c1-2-31-22-12-16(10-20(27)23(22)32-14-15-6-8-19(28)9-7-15)11-21-25(30)33-24(29-21)17-4-3-5-18(26)13-17/h3-13H,2,14H2,1H3/b21-11-. The average Bonchev–Trinajstić information content (AvgIpc) is 3.15. The van der Waals surface area contributed by atoms with Gasteiger partial charge in [-0.3, -0.25) is 0 Å². The van der Waals surface area contributed by atoms with E-state index in [0.29, 0.717) is 33.7 Å². The first-order valence-electron chi connectivity index (χ1n) is 10.0. The Morgan fingerprint density at radius 2 is 1.85 bits per heavy atom. The van der Waals surface area contributed by atoms with Gasteiger partial charge in [-0.1, -0.05) is 34.1 Å². The zero-order valence-corrected chi connectivity index (χ0v) is 20.7. The first kappa shape index (κ1) is 23.2. The van der Waals surface area contributed by atoms with Crippen molar-refractivity contribution in [2.75, 3.05) is 6.61 Å². The van der Waals surface area contributed by atoms with E-state index in [1.807, 2.05) is 31.2 Å². The highest BCUT2D eigenvalue weighted by Gasteiger charge is 2.24. The molecule has 0 aromatic heterocycles. The van der Waals surface area contributed by atoms with Gasteiger partial charge >= 0.3 is 5.97 Å². The zero-order chi connectivity index (χ0) is 23.4. The molecule has 0 radical (unpaired) electrons. The number of benzene rings is 3. The van der Waals surface area contributed by atoms with E-state index in [1.165, 1.54) is 12.1 Å². The fourth-order valence-electron chi connectivity index (χ4n) is 3.12. The van der Waals surface area contributed by atoms with Crippen molar-refractivity contribution in [2.24, 2.45) is 4.99 Å². The van der Waals surface area contributed by atoms with Crippen LogP contribution in [0.2, 0.25) is 0 Å². The maximum absolute atomic E-state index is 13.1. The maximum Gasteiger partial charge on any atom is 0.363 e. The summed E-state index contributed by atoms with van der Waals surface area (Å²) in [6, 6.07) is 17.0. The molecule has 4 rings (SSSR count). The molecule has 0 atom stereocenters. The van der Waals surface area contributed by atoms with E-state index in [-0.39, 0.29) is 24.0 Å². The van der Waals surface area contributed by atoms with Crippen molar-refractivity contribution in [1.82, 2.24) is 0 Å². The summed E-state index contributed by atoms with van der Waals surface area (Å²) in [7, 11) is 0. The van der Waals surface area contributed by atoms with Crippen molar-refractivity contribution in [3.05, 3.63) is 97.8 Å². The van der Waals surface area contributed by atoms with Crippen LogP contribution in [0.3, 0.4) is 0 Å². The highest BCUT2D eigenvalue weighted by Crippen LogP contribution is 2.38. The smallest absolute Gasteiger partial charge is 0.363 e. The van der Waals surface area contributed by atoms with Crippen LogP contribution in [-0.2, 0) is 16.1 Å². The Balaban J connectivity index is 1.61. The predicted molar refractivity (Wildman–Crippen MR) is 131 cm³/mol. The van der Waals surface area contributed by atoms with Crippen LogP contribution in [-0.4, -0.2) is 18.5 Å². The van der Waals surface area contributed by atoms with Crippen molar-refractivity contribution in [3.8, 4) is 11.5 Å².